The van der Waals surface area contributed by atoms with Crippen molar-refractivity contribution in [1.82, 2.24) is 20.1 Å². The molecule has 2 heterocycles. The normalized spacial score (nSPS) is 11.2. The topological polar surface area (TPSA) is 69.0 Å². The van der Waals surface area contributed by atoms with E-state index in [4.69, 9.17) is 4.74 Å². The number of nitrogens with zero attached hydrogens (tertiary/aromatic N) is 3. The molecule has 0 atom stereocenters. The average molecular weight is 288 g/mol. The summed E-state index contributed by atoms with van der Waals surface area (Å²) in [6, 6.07) is 5.76. The van der Waals surface area contributed by atoms with Gasteiger partial charge in [0, 0.05) is 25.0 Å². The highest BCUT2D eigenvalue weighted by Gasteiger charge is 2.15. The van der Waals surface area contributed by atoms with Gasteiger partial charge in [-0.2, -0.15) is 5.10 Å². The fourth-order valence-corrected chi connectivity index (χ4v) is 1.81. The lowest BCUT2D eigenvalue weighted by Crippen LogP contribution is -2.32. The Hall–Kier alpha value is -2.37. The molecule has 1 amide bonds. The van der Waals surface area contributed by atoms with Gasteiger partial charge in [-0.15, -0.1) is 0 Å². The molecule has 0 aliphatic heterocycles. The predicted octanol–water partition coefficient (Wildman–Crippen LogP) is 2.51. The highest BCUT2D eigenvalue weighted by molar-refractivity contribution is 5.67. The molecule has 0 aliphatic carbocycles. The van der Waals surface area contributed by atoms with Gasteiger partial charge in [0.2, 0.25) is 0 Å². The lowest BCUT2D eigenvalue weighted by atomic mass is 10.2. The van der Waals surface area contributed by atoms with Gasteiger partial charge in [0.25, 0.3) is 0 Å². The molecule has 6 nitrogen and oxygen atoms in total. The summed E-state index contributed by atoms with van der Waals surface area (Å²) >= 11 is 0. The zero-order valence-corrected chi connectivity index (χ0v) is 12.8. The number of carbonyl (C=O) groups is 1. The van der Waals surface area contributed by atoms with Gasteiger partial charge >= 0.3 is 6.09 Å². The van der Waals surface area contributed by atoms with E-state index in [0.717, 1.165) is 17.0 Å². The van der Waals surface area contributed by atoms with Crippen LogP contribution < -0.4 is 5.32 Å². The predicted molar refractivity (Wildman–Crippen MR) is 79.5 cm³/mol. The number of aromatic nitrogens is 3. The molecule has 0 aliphatic rings. The van der Waals surface area contributed by atoms with Crippen LogP contribution in [0.1, 0.15) is 26.5 Å². The Balaban J connectivity index is 1.94. The molecule has 2 aromatic heterocycles. The molecule has 2 rings (SSSR count). The second-order valence-corrected chi connectivity index (χ2v) is 5.73. The minimum Gasteiger partial charge on any atom is -0.444 e. The van der Waals surface area contributed by atoms with E-state index in [2.05, 4.69) is 15.4 Å². The Morgan fingerprint density at radius 1 is 1.33 bits per heavy atom. The number of rotatable bonds is 3. The summed E-state index contributed by atoms with van der Waals surface area (Å²) in [5.74, 6) is 0. The van der Waals surface area contributed by atoms with Crippen molar-refractivity contribution in [3.63, 3.8) is 0 Å². The van der Waals surface area contributed by atoms with Crippen molar-refractivity contribution < 1.29 is 9.53 Å². The van der Waals surface area contributed by atoms with Crippen molar-refractivity contribution in [2.75, 3.05) is 0 Å². The first kappa shape index (κ1) is 15.0. The maximum Gasteiger partial charge on any atom is 0.407 e. The van der Waals surface area contributed by atoms with Crippen LogP contribution in [0.4, 0.5) is 4.79 Å². The van der Waals surface area contributed by atoms with Gasteiger partial charge in [-0.3, -0.25) is 9.67 Å². The van der Waals surface area contributed by atoms with Crippen molar-refractivity contribution in [1.29, 1.82) is 0 Å². The monoisotopic (exact) mass is 288 g/mol. The average Bonchev–Trinajstić information content (AvgIpc) is 2.81. The highest BCUT2D eigenvalue weighted by Crippen LogP contribution is 2.16. The first-order valence-electron chi connectivity index (χ1n) is 6.75. The standard InChI is InChI=1S/C15H20N4O2/c1-15(2,3)21-14(20)17-10-12-6-5-11(9-16-12)13-7-8-18-19(13)4/h5-9H,10H2,1-4H3,(H,17,20). The third-order valence-electron chi connectivity index (χ3n) is 2.75. The molecule has 2 aromatic rings. The van der Waals surface area contributed by atoms with E-state index in [1.807, 2.05) is 46.0 Å². The zero-order valence-electron chi connectivity index (χ0n) is 12.8. The lowest BCUT2D eigenvalue weighted by molar-refractivity contribution is 0.0523. The van der Waals surface area contributed by atoms with Gasteiger partial charge in [-0.1, -0.05) is 0 Å². The summed E-state index contributed by atoms with van der Waals surface area (Å²) < 4.78 is 6.96. The number of hydrogen-bond acceptors (Lipinski definition) is 4. The van der Waals surface area contributed by atoms with Crippen LogP contribution in [0, 0.1) is 0 Å². The van der Waals surface area contributed by atoms with E-state index < -0.39 is 11.7 Å². The van der Waals surface area contributed by atoms with Gasteiger partial charge in [0.1, 0.15) is 5.60 Å². The lowest BCUT2D eigenvalue weighted by Gasteiger charge is -2.19. The number of pyridine rings is 1. The van der Waals surface area contributed by atoms with E-state index in [0.29, 0.717) is 6.54 Å². The van der Waals surface area contributed by atoms with Crippen LogP contribution in [-0.4, -0.2) is 26.5 Å². The largest absolute Gasteiger partial charge is 0.444 e. The Morgan fingerprint density at radius 2 is 2.10 bits per heavy atom. The number of alkyl carbamates (subject to hydrolysis) is 1. The van der Waals surface area contributed by atoms with E-state index in [9.17, 15) is 4.79 Å². The van der Waals surface area contributed by atoms with Crippen molar-refractivity contribution in [3.8, 4) is 11.3 Å². The number of ether oxygens (including phenoxy) is 1. The summed E-state index contributed by atoms with van der Waals surface area (Å²) in [6.07, 6.45) is 3.07. The fourth-order valence-electron chi connectivity index (χ4n) is 1.81. The molecule has 112 valence electrons. The number of carbonyl (C=O) groups excluding carboxylic acids is 1. The molecule has 21 heavy (non-hydrogen) atoms. The first-order chi connectivity index (χ1) is 9.85. The Morgan fingerprint density at radius 3 is 2.62 bits per heavy atom. The number of aryl methyl sites for hydroxylation is 1. The molecule has 0 spiro atoms. The van der Waals surface area contributed by atoms with E-state index in [1.165, 1.54) is 0 Å². The fraction of sp³-hybridized carbons (Fsp3) is 0.400. The Bertz CT molecular complexity index is 611. The maximum absolute atomic E-state index is 11.6. The van der Waals surface area contributed by atoms with Crippen LogP contribution >= 0.6 is 0 Å². The number of amides is 1. The van der Waals surface area contributed by atoms with Crippen LogP contribution in [0.2, 0.25) is 0 Å². The smallest absolute Gasteiger partial charge is 0.407 e. The molecule has 0 saturated carbocycles. The van der Waals surface area contributed by atoms with Gasteiger partial charge in [-0.25, -0.2) is 4.79 Å². The SMILES string of the molecule is Cn1nccc1-c1ccc(CNC(=O)OC(C)(C)C)nc1. The van der Waals surface area contributed by atoms with Crippen LogP contribution in [0.3, 0.4) is 0 Å². The molecule has 0 fully saturated rings. The molecule has 0 radical (unpaired) electrons. The first-order valence-corrected chi connectivity index (χ1v) is 6.75. The van der Waals surface area contributed by atoms with Gasteiger partial charge in [0.05, 0.1) is 17.9 Å². The van der Waals surface area contributed by atoms with Crippen molar-refractivity contribution in [2.24, 2.45) is 7.05 Å². The van der Waals surface area contributed by atoms with Crippen LogP contribution in [0.5, 0.6) is 0 Å². The molecule has 1 N–H and O–H groups in total. The van der Waals surface area contributed by atoms with Gasteiger partial charge < -0.3 is 10.1 Å². The summed E-state index contributed by atoms with van der Waals surface area (Å²) in [7, 11) is 1.88. The second kappa shape index (κ2) is 5.95. The van der Waals surface area contributed by atoms with Gasteiger partial charge in [-0.05, 0) is 39.0 Å². The highest BCUT2D eigenvalue weighted by atomic mass is 16.6. The molecule has 0 bridgehead atoms. The molecule has 0 saturated heterocycles. The molecule has 6 heteroatoms. The third kappa shape index (κ3) is 4.30. The van der Waals surface area contributed by atoms with E-state index in [-0.39, 0.29) is 0 Å². The quantitative estimate of drug-likeness (QED) is 0.942. The molecular formula is C15H20N4O2. The van der Waals surface area contributed by atoms with E-state index in [1.54, 1.807) is 17.1 Å². The van der Waals surface area contributed by atoms with E-state index >= 15 is 0 Å². The molecule has 0 unspecified atom stereocenters. The van der Waals surface area contributed by atoms with Crippen molar-refractivity contribution in [3.05, 3.63) is 36.3 Å². The summed E-state index contributed by atoms with van der Waals surface area (Å²) in [4.78, 5) is 15.9. The van der Waals surface area contributed by atoms with Crippen LogP contribution in [0.15, 0.2) is 30.6 Å². The van der Waals surface area contributed by atoms with Crippen LogP contribution in [0.25, 0.3) is 11.3 Å². The van der Waals surface area contributed by atoms with Crippen molar-refractivity contribution in [2.45, 2.75) is 32.9 Å². The van der Waals surface area contributed by atoms with Gasteiger partial charge in [0.15, 0.2) is 0 Å². The maximum atomic E-state index is 11.6. The molecular weight excluding hydrogens is 268 g/mol. The number of nitrogens with one attached hydrogen (secondary N) is 1. The summed E-state index contributed by atoms with van der Waals surface area (Å²) in [5, 5.41) is 6.80. The minimum atomic E-state index is -0.499. The molecule has 0 aromatic carbocycles. The minimum absolute atomic E-state index is 0.334. The number of hydrogen-bond donors (Lipinski definition) is 1. The third-order valence-corrected chi connectivity index (χ3v) is 2.75. The Labute approximate surface area is 124 Å². The zero-order chi connectivity index (χ0) is 15.5. The summed E-state index contributed by atoms with van der Waals surface area (Å²) in [5.41, 5.74) is 2.25. The Kier molecular flexibility index (Phi) is 4.26. The van der Waals surface area contributed by atoms with Crippen molar-refractivity contribution >= 4 is 6.09 Å². The summed E-state index contributed by atoms with van der Waals surface area (Å²) in [6.45, 7) is 5.81. The van der Waals surface area contributed by atoms with Crippen LogP contribution in [-0.2, 0) is 18.3 Å². The second-order valence-electron chi connectivity index (χ2n) is 5.73.